The van der Waals surface area contributed by atoms with Gasteiger partial charge in [-0.25, -0.2) is 0 Å². The highest BCUT2D eigenvalue weighted by Gasteiger charge is 2.20. The molecule has 1 aliphatic rings. The average molecular weight is 519 g/mol. The van der Waals surface area contributed by atoms with Crippen LogP contribution >= 0.6 is 0 Å². The van der Waals surface area contributed by atoms with Gasteiger partial charge in [0.1, 0.15) is 12.3 Å². The summed E-state index contributed by atoms with van der Waals surface area (Å²) in [6, 6.07) is 46.2. The summed E-state index contributed by atoms with van der Waals surface area (Å²) in [6.45, 7) is 3.58. The van der Waals surface area contributed by atoms with Crippen LogP contribution in [0.1, 0.15) is 34.6 Å². The number of nitrogens with one attached hydrogen (secondary N) is 1. The molecule has 0 bridgehead atoms. The van der Waals surface area contributed by atoms with Gasteiger partial charge < -0.3 is 11.1 Å². The van der Waals surface area contributed by atoms with E-state index in [4.69, 9.17) is 10.7 Å². The second-order valence-corrected chi connectivity index (χ2v) is 9.81. The normalized spacial score (nSPS) is 15.4. The van der Waals surface area contributed by atoms with Gasteiger partial charge in [-0.2, -0.15) is 0 Å². The summed E-state index contributed by atoms with van der Waals surface area (Å²) < 4.78 is 0. The first-order chi connectivity index (χ1) is 19.7. The maximum absolute atomic E-state index is 6.06. The summed E-state index contributed by atoms with van der Waals surface area (Å²) >= 11 is 0. The molecule has 194 valence electrons. The third-order valence-electron chi connectivity index (χ3n) is 7.18. The fourth-order valence-electron chi connectivity index (χ4n) is 4.99. The van der Waals surface area contributed by atoms with Crippen LogP contribution in [0.2, 0.25) is 0 Å². The van der Waals surface area contributed by atoms with Gasteiger partial charge in [0.2, 0.25) is 0 Å². The molecule has 3 N–H and O–H groups in total. The van der Waals surface area contributed by atoms with Crippen LogP contribution in [0.3, 0.4) is 0 Å². The van der Waals surface area contributed by atoms with Gasteiger partial charge in [0.25, 0.3) is 0 Å². The summed E-state index contributed by atoms with van der Waals surface area (Å²) in [7, 11) is 0. The van der Waals surface area contributed by atoms with Crippen LogP contribution in [-0.2, 0) is 0 Å². The molecular weight excluding hydrogens is 488 g/mol. The van der Waals surface area contributed by atoms with Crippen molar-refractivity contribution < 1.29 is 0 Å². The van der Waals surface area contributed by atoms with E-state index in [2.05, 4.69) is 132 Å². The van der Waals surface area contributed by atoms with Crippen LogP contribution < -0.4 is 11.1 Å². The van der Waals surface area contributed by atoms with Crippen LogP contribution in [0, 0.1) is 0 Å². The molecule has 0 fully saturated rings. The minimum Gasteiger partial charge on any atom is -0.360 e. The lowest BCUT2D eigenvalue weighted by Gasteiger charge is -2.25. The Morgan fingerprint density at radius 3 is 1.85 bits per heavy atom. The van der Waals surface area contributed by atoms with E-state index >= 15 is 0 Å². The minimum atomic E-state index is -0.436. The first-order valence-corrected chi connectivity index (χ1v) is 13.4. The molecule has 0 amide bonds. The maximum atomic E-state index is 6.06. The topological polar surface area (TPSA) is 62.8 Å². The van der Waals surface area contributed by atoms with Crippen molar-refractivity contribution in [2.75, 3.05) is 0 Å². The molecule has 2 atom stereocenters. The molecule has 0 aliphatic carbocycles. The monoisotopic (exact) mass is 518 g/mol. The second kappa shape index (κ2) is 11.4. The van der Waals surface area contributed by atoms with Crippen molar-refractivity contribution in [1.29, 1.82) is 0 Å². The number of allylic oxidation sites excluding steroid dienone is 1. The zero-order valence-corrected chi connectivity index (χ0v) is 22.1. The molecule has 2 unspecified atom stereocenters. The number of rotatable bonds is 7. The van der Waals surface area contributed by atoms with Crippen molar-refractivity contribution in [3.8, 4) is 22.3 Å². The van der Waals surface area contributed by atoms with Crippen molar-refractivity contribution in [3.63, 3.8) is 0 Å². The summed E-state index contributed by atoms with van der Waals surface area (Å²) in [5.41, 5.74) is 16.8. The van der Waals surface area contributed by atoms with Crippen LogP contribution in [0.15, 0.2) is 150 Å². The molecule has 0 spiro atoms. The molecule has 5 aromatic rings. The highest BCUT2D eigenvalue weighted by atomic mass is 15.1. The van der Waals surface area contributed by atoms with Gasteiger partial charge in [-0.05, 0) is 63.9 Å². The van der Waals surface area contributed by atoms with Gasteiger partial charge in [-0.3, -0.25) is 9.98 Å². The predicted octanol–water partition coefficient (Wildman–Crippen LogP) is 7.81. The Kier molecular flexibility index (Phi) is 7.16. The first kappa shape index (κ1) is 25.2. The van der Waals surface area contributed by atoms with Crippen molar-refractivity contribution in [2.45, 2.75) is 12.3 Å². The molecule has 4 heteroatoms. The lowest BCUT2D eigenvalue weighted by atomic mass is 9.97. The SMILES string of the molecule is C=NC(N)c1ccc(C2=CC(c3cccc(-c4ccccc4)c3)=NC(c3cccc(-c4ccccc4)c3)N2)cc1. The molecule has 5 aromatic carbocycles. The molecule has 0 saturated heterocycles. The van der Waals surface area contributed by atoms with Gasteiger partial charge in [-0.1, -0.05) is 121 Å². The quantitative estimate of drug-likeness (QED) is 0.216. The molecule has 0 aromatic heterocycles. The largest absolute Gasteiger partial charge is 0.360 e. The van der Waals surface area contributed by atoms with Gasteiger partial charge >= 0.3 is 0 Å². The van der Waals surface area contributed by atoms with Crippen molar-refractivity contribution in [2.24, 2.45) is 15.7 Å². The standard InChI is InChI=1S/C36H30N4/c1-38-35(37)28-20-18-27(19-21-28)33-24-34(31-16-8-14-29(22-31)25-10-4-2-5-11-25)40-36(39-33)32-17-9-15-30(23-32)26-12-6-3-7-13-26/h2-24,35-36,39H,1,37H2. The van der Waals surface area contributed by atoms with Crippen molar-refractivity contribution in [1.82, 2.24) is 5.32 Å². The van der Waals surface area contributed by atoms with Gasteiger partial charge in [0.15, 0.2) is 0 Å². The Labute approximate surface area is 235 Å². The van der Waals surface area contributed by atoms with E-state index in [0.717, 1.165) is 44.8 Å². The third kappa shape index (κ3) is 5.39. The van der Waals surface area contributed by atoms with E-state index in [1.807, 2.05) is 24.3 Å². The summed E-state index contributed by atoms with van der Waals surface area (Å²) in [5, 5.41) is 3.68. The number of hydrogen-bond acceptors (Lipinski definition) is 4. The zero-order valence-electron chi connectivity index (χ0n) is 22.1. The number of nitrogens with two attached hydrogens (primary N) is 1. The third-order valence-corrected chi connectivity index (χ3v) is 7.18. The van der Waals surface area contributed by atoms with Crippen LogP contribution in [0.25, 0.3) is 28.0 Å². The second-order valence-electron chi connectivity index (χ2n) is 9.81. The lowest BCUT2D eigenvalue weighted by Crippen LogP contribution is -2.25. The summed E-state index contributed by atoms with van der Waals surface area (Å²) in [5.74, 6) is 0. The molecule has 0 saturated carbocycles. The van der Waals surface area contributed by atoms with E-state index in [9.17, 15) is 0 Å². The van der Waals surface area contributed by atoms with Gasteiger partial charge in [-0.15, -0.1) is 0 Å². The van der Waals surface area contributed by atoms with Crippen molar-refractivity contribution in [3.05, 3.63) is 162 Å². The van der Waals surface area contributed by atoms with Crippen LogP contribution in [-0.4, -0.2) is 12.4 Å². The highest BCUT2D eigenvalue weighted by Crippen LogP contribution is 2.30. The molecule has 4 nitrogen and oxygen atoms in total. The Bertz CT molecular complexity index is 1690. The number of nitrogens with zero attached hydrogens (tertiary/aromatic N) is 2. The molecule has 1 aliphatic heterocycles. The molecule has 40 heavy (non-hydrogen) atoms. The lowest BCUT2D eigenvalue weighted by molar-refractivity contribution is 0.664. The fourth-order valence-corrected chi connectivity index (χ4v) is 4.99. The number of hydrogen-bond donors (Lipinski definition) is 2. The zero-order chi connectivity index (χ0) is 27.3. The smallest absolute Gasteiger partial charge is 0.145 e. The fraction of sp³-hybridized carbons (Fsp3) is 0.0556. The van der Waals surface area contributed by atoms with E-state index in [1.165, 1.54) is 11.1 Å². The van der Waals surface area contributed by atoms with Gasteiger partial charge in [0.05, 0.1) is 5.71 Å². The van der Waals surface area contributed by atoms with Crippen molar-refractivity contribution >= 4 is 18.1 Å². The molecule has 0 radical (unpaired) electrons. The molecule has 1 heterocycles. The Morgan fingerprint density at radius 1 is 0.625 bits per heavy atom. The van der Waals surface area contributed by atoms with Crippen LogP contribution in [0.4, 0.5) is 0 Å². The average Bonchev–Trinajstić information content (AvgIpc) is 3.05. The maximum Gasteiger partial charge on any atom is 0.145 e. The van der Waals surface area contributed by atoms with E-state index < -0.39 is 6.17 Å². The number of aliphatic imine (C=N–C) groups is 2. The summed E-state index contributed by atoms with van der Waals surface area (Å²) in [6.07, 6.45) is 1.44. The van der Waals surface area contributed by atoms with Crippen LogP contribution in [0.5, 0.6) is 0 Å². The molecular formula is C36H30N4. The minimum absolute atomic E-state index is 0.254. The Hall–Kier alpha value is -5.06. The Morgan fingerprint density at radius 2 is 1.20 bits per heavy atom. The van der Waals surface area contributed by atoms with Gasteiger partial charge in [0, 0.05) is 11.3 Å². The Balaban J connectivity index is 1.42. The first-order valence-electron chi connectivity index (χ1n) is 13.4. The number of benzene rings is 5. The molecule has 6 rings (SSSR count). The summed E-state index contributed by atoms with van der Waals surface area (Å²) in [4.78, 5) is 9.16. The van der Waals surface area contributed by atoms with E-state index in [1.54, 1.807) is 0 Å². The van der Waals surface area contributed by atoms with E-state index in [-0.39, 0.29) is 6.17 Å². The van der Waals surface area contributed by atoms with E-state index in [0.29, 0.717) is 0 Å². The highest BCUT2D eigenvalue weighted by molar-refractivity contribution is 6.13. The predicted molar refractivity (Wildman–Crippen MR) is 167 cm³/mol.